The molecule has 0 saturated heterocycles. The minimum Gasteiger partial charge on any atom is -0.479 e. The molecule has 0 radical (unpaired) electrons. The summed E-state index contributed by atoms with van der Waals surface area (Å²) < 4.78 is 0. The summed E-state index contributed by atoms with van der Waals surface area (Å²) >= 11 is 0. The van der Waals surface area contributed by atoms with Crippen molar-refractivity contribution in [3.05, 3.63) is 11.6 Å². The van der Waals surface area contributed by atoms with Gasteiger partial charge in [0.1, 0.15) is 5.82 Å². The van der Waals surface area contributed by atoms with Gasteiger partial charge in [0.15, 0.2) is 12.4 Å². The smallest absolute Gasteiger partial charge is 0.341 e. The van der Waals surface area contributed by atoms with E-state index in [1.54, 1.807) is 6.92 Å². The summed E-state index contributed by atoms with van der Waals surface area (Å²) in [6, 6.07) is -0.575. The highest BCUT2D eigenvalue weighted by Crippen LogP contribution is 1.96. The number of hydroxylamine groups is 1. The number of rotatable bonds is 5. The van der Waals surface area contributed by atoms with E-state index < -0.39 is 18.6 Å². The summed E-state index contributed by atoms with van der Waals surface area (Å²) in [5.41, 5.74) is 1.98. The molecule has 94 valence electrons. The summed E-state index contributed by atoms with van der Waals surface area (Å²) in [7, 11) is 1.51. The van der Waals surface area contributed by atoms with Gasteiger partial charge in [-0.3, -0.25) is 9.94 Å². The molecular weight excluding hydrogens is 230 g/mol. The zero-order chi connectivity index (χ0) is 12.8. The number of H-pyrrole nitrogens is 1. The first kappa shape index (κ1) is 12.9. The number of nitrogens with zero attached hydrogens (tertiary/aromatic N) is 3. The van der Waals surface area contributed by atoms with Gasteiger partial charge in [0.05, 0.1) is 6.54 Å². The molecule has 0 aromatic carbocycles. The van der Waals surface area contributed by atoms with E-state index in [0.717, 1.165) is 0 Å². The van der Waals surface area contributed by atoms with Gasteiger partial charge in [-0.05, 0) is 6.92 Å². The second-order valence-electron chi connectivity index (χ2n) is 3.28. The molecule has 1 rings (SSSR count). The molecule has 0 aliphatic carbocycles. The van der Waals surface area contributed by atoms with Gasteiger partial charge in [0.25, 0.3) is 0 Å². The average molecular weight is 243 g/mol. The number of aliphatic carboxylic acids is 1. The number of aromatic nitrogens is 3. The van der Waals surface area contributed by atoms with E-state index in [2.05, 4.69) is 20.0 Å². The van der Waals surface area contributed by atoms with Crippen LogP contribution in [0.25, 0.3) is 0 Å². The number of urea groups is 1. The van der Waals surface area contributed by atoms with E-state index in [1.807, 2.05) is 5.48 Å². The standard InChI is InChI=1S/C8H13N5O4/c1-5-9-6(11-10-5)3-13(2)8(16)12-17-4-7(14)15/h3-4H2,1-2H3,(H,12,16)(H,14,15)(H,9,10,11). The lowest BCUT2D eigenvalue weighted by molar-refractivity contribution is -0.144. The monoisotopic (exact) mass is 243 g/mol. The first-order chi connectivity index (χ1) is 7.99. The molecule has 1 aromatic rings. The molecule has 1 heterocycles. The number of aryl methyl sites for hydroxylation is 1. The first-order valence-corrected chi connectivity index (χ1v) is 4.71. The molecule has 9 heteroatoms. The van der Waals surface area contributed by atoms with E-state index in [-0.39, 0.29) is 6.54 Å². The van der Waals surface area contributed by atoms with Gasteiger partial charge in [-0.2, -0.15) is 5.10 Å². The van der Waals surface area contributed by atoms with Crippen LogP contribution in [0.4, 0.5) is 4.79 Å². The molecule has 0 unspecified atom stereocenters. The first-order valence-electron chi connectivity index (χ1n) is 4.71. The van der Waals surface area contributed by atoms with E-state index in [9.17, 15) is 9.59 Å². The fourth-order valence-corrected chi connectivity index (χ4v) is 0.981. The van der Waals surface area contributed by atoms with Gasteiger partial charge in [-0.1, -0.05) is 0 Å². The number of carbonyl (C=O) groups is 2. The Bertz CT molecular complexity index is 404. The summed E-state index contributed by atoms with van der Waals surface area (Å²) in [6.07, 6.45) is 0. The Labute approximate surface area is 96.7 Å². The third-order valence-electron chi connectivity index (χ3n) is 1.72. The molecule has 0 atom stereocenters. The average Bonchev–Trinajstić information content (AvgIpc) is 2.63. The summed E-state index contributed by atoms with van der Waals surface area (Å²) in [6.45, 7) is 1.33. The molecule has 0 bridgehead atoms. The van der Waals surface area contributed by atoms with Crippen LogP contribution in [0, 0.1) is 6.92 Å². The number of carboxylic acids is 1. The van der Waals surface area contributed by atoms with Crippen LogP contribution < -0.4 is 5.48 Å². The van der Waals surface area contributed by atoms with Gasteiger partial charge in [-0.15, -0.1) is 0 Å². The lowest BCUT2D eigenvalue weighted by atomic mass is 10.5. The fourth-order valence-electron chi connectivity index (χ4n) is 0.981. The van der Waals surface area contributed by atoms with Crippen LogP contribution in [0.15, 0.2) is 0 Å². The number of nitrogens with one attached hydrogen (secondary N) is 2. The summed E-state index contributed by atoms with van der Waals surface area (Å²) in [5.74, 6) is -0.0631. The van der Waals surface area contributed by atoms with Crippen molar-refractivity contribution < 1.29 is 19.5 Å². The molecule has 9 nitrogen and oxygen atoms in total. The highest BCUT2D eigenvalue weighted by molar-refractivity contribution is 5.73. The van der Waals surface area contributed by atoms with Crippen LogP contribution in [0.1, 0.15) is 11.6 Å². The lowest BCUT2D eigenvalue weighted by Gasteiger charge is -2.15. The number of carboxylic acid groups (broad SMARTS) is 1. The van der Waals surface area contributed by atoms with E-state index in [1.165, 1.54) is 11.9 Å². The van der Waals surface area contributed by atoms with Gasteiger partial charge in [0, 0.05) is 7.05 Å². The van der Waals surface area contributed by atoms with Gasteiger partial charge < -0.3 is 10.0 Å². The SMILES string of the molecule is Cc1nc(CN(C)C(=O)NOCC(=O)O)n[nH]1. The quantitative estimate of drug-likeness (QED) is 0.586. The van der Waals surface area contributed by atoms with Crippen LogP contribution in [0.2, 0.25) is 0 Å². The number of hydrogen-bond acceptors (Lipinski definition) is 5. The Morgan fingerprint density at radius 2 is 2.29 bits per heavy atom. The second kappa shape index (κ2) is 5.80. The van der Waals surface area contributed by atoms with Crippen LogP contribution >= 0.6 is 0 Å². The van der Waals surface area contributed by atoms with Crippen molar-refractivity contribution in [2.45, 2.75) is 13.5 Å². The number of hydrogen-bond donors (Lipinski definition) is 3. The third kappa shape index (κ3) is 4.47. The van der Waals surface area contributed by atoms with Crippen molar-refractivity contribution in [2.75, 3.05) is 13.7 Å². The van der Waals surface area contributed by atoms with Crippen LogP contribution in [-0.2, 0) is 16.2 Å². The zero-order valence-corrected chi connectivity index (χ0v) is 9.43. The van der Waals surface area contributed by atoms with Gasteiger partial charge in [0.2, 0.25) is 0 Å². The molecular formula is C8H13N5O4. The predicted molar refractivity (Wildman–Crippen MR) is 54.7 cm³/mol. The highest BCUT2D eigenvalue weighted by atomic mass is 16.7. The number of aromatic amines is 1. The van der Waals surface area contributed by atoms with Crippen LogP contribution in [0.5, 0.6) is 0 Å². The summed E-state index contributed by atoms with van der Waals surface area (Å²) in [4.78, 5) is 31.2. The minimum absolute atomic E-state index is 0.187. The van der Waals surface area contributed by atoms with E-state index in [0.29, 0.717) is 11.6 Å². The van der Waals surface area contributed by atoms with Crippen molar-refractivity contribution in [3.8, 4) is 0 Å². The molecule has 0 saturated carbocycles. The zero-order valence-electron chi connectivity index (χ0n) is 9.43. The van der Waals surface area contributed by atoms with Crippen molar-refractivity contribution >= 4 is 12.0 Å². The van der Waals surface area contributed by atoms with Gasteiger partial charge in [-0.25, -0.2) is 20.1 Å². The topological polar surface area (TPSA) is 120 Å². The minimum atomic E-state index is -1.17. The second-order valence-corrected chi connectivity index (χ2v) is 3.28. The Balaban J connectivity index is 2.34. The highest BCUT2D eigenvalue weighted by Gasteiger charge is 2.11. The molecule has 1 aromatic heterocycles. The maximum atomic E-state index is 11.4. The molecule has 0 aliphatic rings. The fraction of sp³-hybridized carbons (Fsp3) is 0.500. The van der Waals surface area contributed by atoms with Crippen LogP contribution in [0.3, 0.4) is 0 Å². The van der Waals surface area contributed by atoms with Crippen molar-refractivity contribution in [2.24, 2.45) is 0 Å². The Kier molecular flexibility index (Phi) is 4.40. The van der Waals surface area contributed by atoms with Gasteiger partial charge >= 0.3 is 12.0 Å². The Morgan fingerprint density at radius 3 is 2.82 bits per heavy atom. The lowest BCUT2D eigenvalue weighted by Crippen LogP contribution is -2.38. The number of carbonyl (C=O) groups excluding carboxylic acids is 1. The van der Waals surface area contributed by atoms with E-state index in [4.69, 9.17) is 5.11 Å². The molecule has 2 amide bonds. The largest absolute Gasteiger partial charge is 0.479 e. The molecule has 17 heavy (non-hydrogen) atoms. The molecule has 0 spiro atoms. The third-order valence-corrected chi connectivity index (χ3v) is 1.72. The van der Waals surface area contributed by atoms with Crippen LogP contribution in [-0.4, -0.2) is 50.8 Å². The van der Waals surface area contributed by atoms with Crippen molar-refractivity contribution in [1.29, 1.82) is 0 Å². The van der Waals surface area contributed by atoms with Crippen molar-refractivity contribution in [3.63, 3.8) is 0 Å². The molecule has 0 fully saturated rings. The molecule has 3 N–H and O–H groups in total. The Hall–Kier alpha value is -2.16. The maximum Gasteiger partial charge on any atom is 0.341 e. The normalized spacial score (nSPS) is 10.0. The summed E-state index contributed by atoms with van der Waals surface area (Å²) in [5, 5.41) is 14.8. The van der Waals surface area contributed by atoms with E-state index >= 15 is 0 Å². The predicted octanol–water partition coefficient (Wildman–Crippen LogP) is -0.729. The molecule has 0 aliphatic heterocycles. The number of amides is 2. The Morgan fingerprint density at radius 1 is 1.59 bits per heavy atom. The maximum absolute atomic E-state index is 11.4. The van der Waals surface area contributed by atoms with Crippen molar-refractivity contribution in [1.82, 2.24) is 25.6 Å².